The normalized spacial score (nSPS) is 10.6. The smallest absolute Gasteiger partial charge is 0.229 e. The highest BCUT2D eigenvalue weighted by atomic mass is 16.5. The Balaban J connectivity index is 1.48. The molecule has 1 amide bonds. The van der Waals surface area contributed by atoms with Crippen LogP contribution in [0.3, 0.4) is 0 Å². The van der Waals surface area contributed by atoms with Gasteiger partial charge in [-0.1, -0.05) is 12.1 Å². The first-order valence-electron chi connectivity index (χ1n) is 9.44. The van der Waals surface area contributed by atoms with Crippen molar-refractivity contribution < 1.29 is 19.0 Å². The minimum absolute atomic E-state index is 0.193. The molecule has 0 atom stereocenters. The summed E-state index contributed by atoms with van der Waals surface area (Å²) in [5.41, 5.74) is 7.11. The average molecular weight is 419 g/mol. The molecule has 2 heterocycles. The van der Waals surface area contributed by atoms with Crippen LogP contribution in [0, 0.1) is 0 Å². The largest absolute Gasteiger partial charge is 0.493 e. The number of aromatic amines is 1. The molecule has 4 N–H and O–H groups in total. The number of nitrogens with zero attached hydrogens (tertiary/aromatic N) is 2. The van der Waals surface area contributed by atoms with E-state index in [1.54, 1.807) is 38.6 Å². The van der Waals surface area contributed by atoms with Crippen molar-refractivity contribution in [2.24, 2.45) is 0 Å². The Morgan fingerprint density at radius 3 is 2.45 bits per heavy atom. The zero-order chi connectivity index (χ0) is 21.8. The molecule has 4 aromatic rings. The summed E-state index contributed by atoms with van der Waals surface area (Å²) in [6.45, 7) is 0. The number of ether oxygens (including phenoxy) is 3. The Morgan fingerprint density at radius 1 is 1.03 bits per heavy atom. The second-order valence-corrected chi connectivity index (χ2v) is 6.71. The number of rotatable bonds is 7. The molecule has 0 radical (unpaired) electrons. The lowest BCUT2D eigenvalue weighted by molar-refractivity contribution is -0.115. The Kier molecular flexibility index (Phi) is 5.57. The molecular formula is C22H21N5O4. The minimum Gasteiger partial charge on any atom is -0.493 e. The van der Waals surface area contributed by atoms with Crippen molar-refractivity contribution in [2.75, 3.05) is 25.3 Å². The Labute approximate surface area is 178 Å². The van der Waals surface area contributed by atoms with Gasteiger partial charge in [0.25, 0.3) is 0 Å². The molecule has 0 aliphatic rings. The number of anilines is 2. The van der Waals surface area contributed by atoms with Gasteiger partial charge in [0.2, 0.25) is 5.91 Å². The van der Waals surface area contributed by atoms with Gasteiger partial charge in [0, 0.05) is 23.7 Å². The third-order valence-electron chi connectivity index (χ3n) is 4.59. The van der Waals surface area contributed by atoms with Gasteiger partial charge in [0.15, 0.2) is 17.3 Å². The quantitative estimate of drug-likeness (QED) is 0.418. The molecule has 0 spiro atoms. The van der Waals surface area contributed by atoms with E-state index in [0.29, 0.717) is 34.6 Å². The number of nitrogen functional groups attached to an aromatic ring is 1. The first-order valence-corrected chi connectivity index (χ1v) is 9.44. The Hall–Kier alpha value is -4.27. The van der Waals surface area contributed by atoms with E-state index >= 15 is 0 Å². The maximum absolute atomic E-state index is 12.2. The van der Waals surface area contributed by atoms with Crippen LogP contribution >= 0.6 is 0 Å². The number of hydrogen-bond donors (Lipinski definition) is 3. The number of pyridine rings is 1. The van der Waals surface area contributed by atoms with Crippen molar-refractivity contribution in [3.8, 4) is 23.0 Å². The zero-order valence-electron chi connectivity index (χ0n) is 17.0. The average Bonchev–Trinajstić information content (AvgIpc) is 3.18. The number of carbonyl (C=O) groups is 1. The number of benzene rings is 2. The number of aromatic nitrogens is 3. The predicted molar refractivity (Wildman–Crippen MR) is 117 cm³/mol. The van der Waals surface area contributed by atoms with E-state index in [9.17, 15) is 4.79 Å². The van der Waals surface area contributed by atoms with Crippen molar-refractivity contribution in [3.63, 3.8) is 0 Å². The van der Waals surface area contributed by atoms with E-state index in [4.69, 9.17) is 19.9 Å². The Bertz CT molecular complexity index is 1220. The van der Waals surface area contributed by atoms with Crippen molar-refractivity contribution >= 4 is 28.4 Å². The van der Waals surface area contributed by atoms with Crippen LogP contribution in [0.25, 0.3) is 10.9 Å². The van der Waals surface area contributed by atoms with Crippen molar-refractivity contribution in [1.29, 1.82) is 0 Å². The Morgan fingerprint density at radius 2 is 1.77 bits per heavy atom. The monoisotopic (exact) mass is 419 g/mol. The highest BCUT2D eigenvalue weighted by Gasteiger charge is 2.12. The lowest BCUT2D eigenvalue weighted by Gasteiger charge is -2.12. The number of methoxy groups -OCH3 is 2. The van der Waals surface area contributed by atoms with Crippen molar-refractivity contribution in [1.82, 2.24) is 15.2 Å². The number of nitrogens with two attached hydrogens (primary N) is 1. The minimum atomic E-state index is -0.193. The molecular weight excluding hydrogens is 398 g/mol. The van der Waals surface area contributed by atoms with Gasteiger partial charge >= 0.3 is 0 Å². The third kappa shape index (κ3) is 4.50. The molecule has 0 saturated heterocycles. The van der Waals surface area contributed by atoms with Crippen LogP contribution in [-0.4, -0.2) is 35.3 Å². The van der Waals surface area contributed by atoms with Gasteiger partial charge in [-0.3, -0.25) is 14.9 Å². The standard InChI is InChI=1S/C22H21N5O4/c1-29-18-10-15-16(11-19(18)30-2)24-8-7-17(15)31-14-5-3-13(4-6-14)9-22(28)25-21-12-20(23)26-27-21/h3-8,10-12H,9H2,1-2H3,(H4,23,25,26,27,28). The van der Waals surface area contributed by atoms with Gasteiger partial charge in [0.1, 0.15) is 17.3 Å². The molecule has 2 aromatic carbocycles. The first-order chi connectivity index (χ1) is 15.1. The fourth-order valence-electron chi connectivity index (χ4n) is 3.11. The van der Waals surface area contributed by atoms with Crippen LogP contribution < -0.4 is 25.3 Å². The first kappa shape index (κ1) is 20.0. The van der Waals surface area contributed by atoms with E-state index < -0.39 is 0 Å². The van der Waals surface area contributed by atoms with E-state index in [0.717, 1.165) is 16.5 Å². The van der Waals surface area contributed by atoms with Crippen LogP contribution in [-0.2, 0) is 11.2 Å². The summed E-state index contributed by atoms with van der Waals surface area (Å²) >= 11 is 0. The van der Waals surface area contributed by atoms with Crippen LogP contribution in [0.15, 0.2) is 54.7 Å². The summed E-state index contributed by atoms with van der Waals surface area (Å²) in [5.74, 6) is 3.03. The van der Waals surface area contributed by atoms with Crippen LogP contribution in [0.2, 0.25) is 0 Å². The SMILES string of the molecule is COc1cc2nccc(Oc3ccc(CC(=O)Nc4cc(N)[nH]n4)cc3)c2cc1OC. The molecule has 0 saturated carbocycles. The number of hydrogen-bond acceptors (Lipinski definition) is 7. The van der Waals surface area contributed by atoms with Crippen molar-refractivity contribution in [3.05, 3.63) is 60.3 Å². The summed E-state index contributed by atoms with van der Waals surface area (Å²) < 4.78 is 16.8. The molecule has 0 fully saturated rings. The van der Waals surface area contributed by atoms with Crippen LogP contribution in [0.1, 0.15) is 5.56 Å². The van der Waals surface area contributed by atoms with E-state index in [-0.39, 0.29) is 12.3 Å². The fourth-order valence-corrected chi connectivity index (χ4v) is 3.11. The summed E-state index contributed by atoms with van der Waals surface area (Å²) in [4.78, 5) is 16.5. The molecule has 0 aliphatic heterocycles. The van der Waals surface area contributed by atoms with E-state index in [1.807, 2.05) is 30.3 Å². The summed E-state index contributed by atoms with van der Waals surface area (Å²) in [6.07, 6.45) is 1.87. The second kappa shape index (κ2) is 8.62. The topological polar surface area (TPSA) is 124 Å². The molecule has 4 rings (SSSR count). The molecule has 0 aliphatic carbocycles. The van der Waals surface area contributed by atoms with Crippen LogP contribution in [0.5, 0.6) is 23.0 Å². The van der Waals surface area contributed by atoms with Gasteiger partial charge in [-0.05, 0) is 29.8 Å². The highest BCUT2D eigenvalue weighted by molar-refractivity contribution is 5.91. The summed E-state index contributed by atoms with van der Waals surface area (Å²) in [5, 5.41) is 9.93. The van der Waals surface area contributed by atoms with Gasteiger partial charge in [-0.2, -0.15) is 5.10 Å². The third-order valence-corrected chi connectivity index (χ3v) is 4.59. The number of fused-ring (bicyclic) bond motifs is 1. The fraction of sp³-hybridized carbons (Fsp3) is 0.136. The van der Waals surface area contributed by atoms with Gasteiger partial charge in [0.05, 0.1) is 26.2 Å². The molecule has 9 nitrogen and oxygen atoms in total. The highest BCUT2D eigenvalue weighted by Crippen LogP contribution is 2.36. The number of carbonyl (C=O) groups excluding carboxylic acids is 1. The van der Waals surface area contributed by atoms with Crippen LogP contribution in [0.4, 0.5) is 11.6 Å². The number of amides is 1. The molecule has 158 valence electrons. The lowest BCUT2D eigenvalue weighted by atomic mass is 10.1. The van der Waals surface area contributed by atoms with Gasteiger partial charge < -0.3 is 25.3 Å². The summed E-state index contributed by atoms with van der Waals surface area (Å²) in [7, 11) is 3.16. The second-order valence-electron chi connectivity index (χ2n) is 6.71. The molecule has 31 heavy (non-hydrogen) atoms. The van der Waals surface area contributed by atoms with E-state index in [1.165, 1.54) is 0 Å². The van der Waals surface area contributed by atoms with Gasteiger partial charge in [-0.25, -0.2) is 0 Å². The lowest BCUT2D eigenvalue weighted by Crippen LogP contribution is -2.14. The predicted octanol–water partition coefficient (Wildman–Crippen LogP) is 3.53. The van der Waals surface area contributed by atoms with Crippen molar-refractivity contribution in [2.45, 2.75) is 6.42 Å². The number of H-pyrrole nitrogens is 1. The molecule has 0 unspecified atom stereocenters. The molecule has 0 bridgehead atoms. The molecule has 9 heteroatoms. The van der Waals surface area contributed by atoms with Gasteiger partial charge in [-0.15, -0.1) is 0 Å². The zero-order valence-corrected chi connectivity index (χ0v) is 17.0. The maximum Gasteiger partial charge on any atom is 0.229 e. The van der Waals surface area contributed by atoms with E-state index in [2.05, 4.69) is 20.5 Å². The summed E-state index contributed by atoms with van der Waals surface area (Å²) in [6, 6.07) is 14.3. The maximum atomic E-state index is 12.2. The molecule has 2 aromatic heterocycles. The number of nitrogens with one attached hydrogen (secondary N) is 2.